The number of aliphatic hydroxyl groups excluding tert-OH is 4. The van der Waals surface area contributed by atoms with Gasteiger partial charge in [0.2, 0.25) is 0 Å². The Morgan fingerprint density at radius 2 is 1.77 bits per heavy atom. The van der Waals surface area contributed by atoms with Crippen molar-refractivity contribution in [2.24, 2.45) is 0 Å². The molecule has 1 saturated heterocycles. The highest BCUT2D eigenvalue weighted by Gasteiger charge is 2.45. The average Bonchev–Trinajstić information content (AvgIpc) is 3.20. The molecule has 1 aliphatic rings. The first-order valence-corrected chi connectivity index (χ1v) is 10.1. The molecule has 166 valence electrons. The summed E-state index contributed by atoms with van der Waals surface area (Å²) in [5.74, 6) is 0.269. The highest BCUT2D eigenvalue weighted by molar-refractivity contribution is 5.81. The number of nitrogens with zero attached hydrogens (tertiary/aromatic N) is 3. The molecular weight excluding hydrogens is 406 g/mol. The van der Waals surface area contributed by atoms with Crippen molar-refractivity contribution in [3.8, 4) is 5.75 Å². The topological polar surface area (TPSA) is 139 Å². The maximum atomic E-state index is 10.2. The van der Waals surface area contributed by atoms with E-state index in [2.05, 4.69) is 29.4 Å². The number of para-hydroxylation sites is 1. The predicted octanol–water partition coefficient (Wildman–Crippen LogP) is 0.152. The van der Waals surface area contributed by atoms with Gasteiger partial charge >= 0.3 is 0 Å². The summed E-state index contributed by atoms with van der Waals surface area (Å²) in [5.41, 5.74) is 3.41. The Balaban J connectivity index is 1.53. The molecule has 0 spiro atoms. The number of aromatic nitrogens is 3. The molecule has 0 amide bonds. The third-order valence-electron chi connectivity index (χ3n) is 5.35. The van der Waals surface area contributed by atoms with Gasteiger partial charge in [0.15, 0.2) is 18.1 Å². The minimum Gasteiger partial charge on any atom is -0.394 e. The fourth-order valence-electron chi connectivity index (χ4n) is 3.51. The minimum atomic E-state index is -1.60. The second-order valence-corrected chi connectivity index (χ2v) is 7.41. The van der Waals surface area contributed by atoms with E-state index in [1.807, 2.05) is 12.1 Å². The number of fused-ring (bicyclic) bond motifs is 1. The zero-order valence-corrected chi connectivity index (χ0v) is 16.9. The van der Waals surface area contributed by atoms with Gasteiger partial charge in [0, 0.05) is 0 Å². The molecule has 0 saturated carbocycles. The van der Waals surface area contributed by atoms with E-state index >= 15 is 0 Å². The lowest BCUT2D eigenvalue weighted by molar-refractivity contribution is -0.364. The zero-order chi connectivity index (χ0) is 22.0. The molecule has 0 radical (unpaired) electrons. The van der Waals surface area contributed by atoms with Crippen LogP contribution in [0, 0.1) is 0 Å². The monoisotopic (exact) mass is 431 g/mol. The number of aliphatic hydroxyl groups is 4. The van der Waals surface area contributed by atoms with E-state index in [9.17, 15) is 20.4 Å². The summed E-state index contributed by atoms with van der Waals surface area (Å²) in [4.78, 5) is 10.6. The largest absolute Gasteiger partial charge is 0.394 e. The lowest BCUT2D eigenvalue weighted by atomic mass is 9.99. The number of ether oxygens (including phenoxy) is 1. The highest BCUT2D eigenvalue weighted by atomic mass is 17.2. The molecular formula is C21H25N3O7. The second kappa shape index (κ2) is 9.27. The van der Waals surface area contributed by atoms with Crippen LogP contribution in [0.1, 0.15) is 18.1 Å². The maximum Gasteiger partial charge on any atom is 0.192 e. The summed E-state index contributed by atoms with van der Waals surface area (Å²) in [7, 11) is 0. The number of rotatable bonds is 7. The molecule has 0 unspecified atom stereocenters. The van der Waals surface area contributed by atoms with Crippen LogP contribution in [0.3, 0.4) is 0 Å². The summed E-state index contributed by atoms with van der Waals surface area (Å²) in [6.45, 7) is 1.99. The van der Waals surface area contributed by atoms with E-state index in [1.165, 1.54) is 5.56 Å². The van der Waals surface area contributed by atoms with Crippen LogP contribution in [0.2, 0.25) is 0 Å². The third kappa shape index (κ3) is 4.40. The quantitative estimate of drug-likeness (QED) is 0.304. The Morgan fingerprint density at radius 3 is 2.48 bits per heavy atom. The van der Waals surface area contributed by atoms with Crippen LogP contribution in [0.15, 0.2) is 42.5 Å². The summed E-state index contributed by atoms with van der Waals surface area (Å²) in [5, 5.41) is 47.8. The lowest BCUT2D eigenvalue weighted by Gasteiger charge is -2.38. The molecule has 10 heteroatoms. The van der Waals surface area contributed by atoms with Gasteiger partial charge in [0.05, 0.1) is 13.2 Å². The summed E-state index contributed by atoms with van der Waals surface area (Å²) in [6, 6.07) is 13.3. The van der Waals surface area contributed by atoms with Crippen molar-refractivity contribution < 1.29 is 34.9 Å². The molecule has 1 aliphatic heterocycles. The van der Waals surface area contributed by atoms with Gasteiger partial charge in [-0.2, -0.15) is 4.89 Å². The van der Waals surface area contributed by atoms with Crippen LogP contribution in [-0.2, 0) is 22.6 Å². The van der Waals surface area contributed by atoms with Crippen molar-refractivity contribution in [3.05, 3.63) is 53.6 Å². The van der Waals surface area contributed by atoms with Gasteiger partial charge in [-0.05, 0) is 29.7 Å². The Kier molecular flexibility index (Phi) is 6.46. The van der Waals surface area contributed by atoms with Gasteiger partial charge in [0.25, 0.3) is 0 Å². The summed E-state index contributed by atoms with van der Waals surface area (Å²) in [6.07, 6.45) is -6.14. The molecule has 1 fully saturated rings. The Labute approximate surface area is 178 Å². The molecule has 2 aromatic carbocycles. The second-order valence-electron chi connectivity index (χ2n) is 7.41. The fourth-order valence-corrected chi connectivity index (χ4v) is 3.51. The average molecular weight is 431 g/mol. The summed E-state index contributed by atoms with van der Waals surface area (Å²) >= 11 is 0. The Hall–Kier alpha value is -2.60. The van der Waals surface area contributed by atoms with E-state index in [-0.39, 0.29) is 5.75 Å². The van der Waals surface area contributed by atoms with Crippen molar-refractivity contribution in [3.63, 3.8) is 0 Å². The van der Waals surface area contributed by atoms with E-state index in [4.69, 9.17) is 14.5 Å². The first kappa shape index (κ1) is 21.6. The predicted molar refractivity (Wildman–Crippen MR) is 108 cm³/mol. The number of hydrogen-bond acceptors (Lipinski definition) is 9. The van der Waals surface area contributed by atoms with Crippen LogP contribution in [0.4, 0.5) is 0 Å². The smallest absolute Gasteiger partial charge is 0.192 e. The molecule has 3 aromatic rings. The van der Waals surface area contributed by atoms with Crippen molar-refractivity contribution in [2.75, 3.05) is 6.61 Å². The van der Waals surface area contributed by atoms with Gasteiger partial charge in [-0.3, -0.25) is 0 Å². The fraction of sp³-hybridized carbons (Fsp3) is 0.429. The SMILES string of the molecule is CCc1ccc(Cn2nnc3cccc(OO[C@@H]4[C@@H](O)[C@H](O)[C@@H](CO)O[C@H]4O)c32)cc1. The number of benzene rings is 2. The van der Waals surface area contributed by atoms with Gasteiger partial charge in [0.1, 0.15) is 29.3 Å². The van der Waals surface area contributed by atoms with E-state index < -0.39 is 37.3 Å². The molecule has 1 aromatic heterocycles. The molecule has 4 rings (SSSR count). The van der Waals surface area contributed by atoms with Gasteiger partial charge in [-0.25, -0.2) is 4.68 Å². The maximum absolute atomic E-state index is 10.2. The normalized spacial score (nSPS) is 26.3. The third-order valence-corrected chi connectivity index (χ3v) is 5.35. The number of aryl methyl sites for hydroxylation is 1. The van der Waals surface area contributed by atoms with Crippen molar-refractivity contribution in [1.29, 1.82) is 0 Å². The number of hydrogen-bond donors (Lipinski definition) is 4. The van der Waals surface area contributed by atoms with Crippen LogP contribution in [0.5, 0.6) is 5.75 Å². The van der Waals surface area contributed by atoms with Crippen LogP contribution in [-0.4, -0.2) is 72.7 Å². The van der Waals surface area contributed by atoms with Gasteiger partial charge < -0.3 is 30.1 Å². The summed E-state index contributed by atoms with van der Waals surface area (Å²) < 4.78 is 6.74. The standard InChI is InChI=1S/C21H25N3O7/c1-2-12-6-8-13(9-7-12)10-24-17-14(22-23-24)4-3-5-15(17)30-31-20-19(27)18(26)16(11-25)29-21(20)28/h3-9,16,18-21,25-28H,2,10-11H2,1H3/t16-,18-,19+,20-,21-/m1/s1. The van der Waals surface area contributed by atoms with Crippen LogP contribution >= 0.6 is 0 Å². The van der Waals surface area contributed by atoms with E-state index in [1.54, 1.807) is 22.9 Å². The first-order chi connectivity index (χ1) is 15.0. The van der Waals surface area contributed by atoms with Gasteiger partial charge in [-0.15, -0.1) is 5.10 Å². The van der Waals surface area contributed by atoms with Crippen LogP contribution < -0.4 is 4.89 Å². The zero-order valence-electron chi connectivity index (χ0n) is 16.9. The molecule has 0 bridgehead atoms. The van der Waals surface area contributed by atoms with E-state index in [0.717, 1.165) is 12.0 Å². The molecule has 31 heavy (non-hydrogen) atoms. The van der Waals surface area contributed by atoms with Crippen molar-refractivity contribution in [1.82, 2.24) is 15.0 Å². The van der Waals surface area contributed by atoms with Crippen molar-refractivity contribution in [2.45, 2.75) is 50.6 Å². The lowest BCUT2D eigenvalue weighted by Crippen LogP contribution is -2.59. The highest BCUT2D eigenvalue weighted by Crippen LogP contribution is 2.28. The molecule has 4 N–H and O–H groups in total. The molecule has 0 aliphatic carbocycles. The van der Waals surface area contributed by atoms with Crippen LogP contribution in [0.25, 0.3) is 11.0 Å². The molecule has 10 nitrogen and oxygen atoms in total. The van der Waals surface area contributed by atoms with Crippen molar-refractivity contribution >= 4 is 11.0 Å². The minimum absolute atomic E-state index is 0.269. The molecule has 5 atom stereocenters. The van der Waals surface area contributed by atoms with Gasteiger partial charge in [-0.1, -0.05) is 42.5 Å². The molecule has 2 heterocycles. The Bertz CT molecular complexity index is 1010. The van der Waals surface area contributed by atoms with E-state index in [0.29, 0.717) is 17.6 Å². The first-order valence-electron chi connectivity index (χ1n) is 10.1. The Morgan fingerprint density at radius 1 is 1.03 bits per heavy atom.